The van der Waals surface area contributed by atoms with E-state index >= 15 is 0 Å². The molecule has 1 heterocycles. The highest BCUT2D eigenvalue weighted by Gasteiger charge is 2.06. The monoisotopic (exact) mass is 252 g/mol. The van der Waals surface area contributed by atoms with Crippen molar-refractivity contribution in [2.75, 3.05) is 0 Å². The van der Waals surface area contributed by atoms with Crippen LogP contribution in [0.15, 0.2) is 35.3 Å². The van der Waals surface area contributed by atoms with Crippen LogP contribution in [0.3, 0.4) is 0 Å². The Morgan fingerprint density at radius 1 is 1.11 bits per heavy atom. The van der Waals surface area contributed by atoms with Gasteiger partial charge >= 0.3 is 0 Å². The van der Waals surface area contributed by atoms with Gasteiger partial charge in [-0.1, -0.05) is 6.07 Å². The lowest BCUT2D eigenvalue weighted by molar-refractivity contribution is 0.945. The van der Waals surface area contributed by atoms with Crippen LogP contribution in [0.4, 0.5) is 0 Å². The highest BCUT2D eigenvalue weighted by Crippen LogP contribution is 2.15. The zero-order chi connectivity index (χ0) is 14.0. The Morgan fingerprint density at radius 2 is 1.74 bits per heavy atom. The van der Waals surface area contributed by atoms with E-state index in [0.717, 1.165) is 11.4 Å². The van der Waals surface area contributed by atoms with E-state index in [9.17, 15) is 4.79 Å². The predicted molar refractivity (Wildman–Crippen MR) is 75.6 cm³/mol. The van der Waals surface area contributed by atoms with Crippen molar-refractivity contribution < 1.29 is 0 Å². The summed E-state index contributed by atoms with van der Waals surface area (Å²) in [7, 11) is 0. The molecule has 0 unspecified atom stereocenters. The van der Waals surface area contributed by atoms with Gasteiger partial charge in [-0.25, -0.2) is 0 Å². The number of rotatable bonds is 2. The third-order valence-corrected chi connectivity index (χ3v) is 3.08. The Kier molecular flexibility index (Phi) is 3.52. The van der Waals surface area contributed by atoms with Crippen LogP contribution in [-0.4, -0.2) is 4.57 Å². The molecule has 0 amide bonds. The lowest BCUT2D eigenvalue weighted by atomic mass is 10.1. The zero-order valence-corrected chi connectivity index (χ0v) is 11.4. The highest BCUT2D eigenvalue weighted by atomic mass is 16.1. The van der Waals surface area contributed by atoms with E-state index in [1.807, 2.05) is 31.4 Å². The molecule has 0 atom stereocenters. The van der Waals surface area contributed by atoms with E-state index in [4.69, 9.17) is 5.26 Å². The number of hydrogen-bond acceptors (Lipinski definition) is 2. The summed E-state index contributed by atoms with van der Waals surface area (Å²) in [6, 6.07) is 9.87. The van der Waals surface area contributed by atoms with Crippen LogP contribution < -0.4 is 5.43 Å². The normalized spacial score (nSPS) is 10.2. The molecule has 3 nitrogen and oxygen atoms in total. The fourth-order valence-electron chi connectivity index (χ4n) is 2.26. The van der Waals surface area contributed by atoms with Gasteiger partial charge < -0.3 is 4.57 Å². The summed E-state index contributed by atoms with van der Waals surface area (Å²) in [5.74, 6) is 0. The van der Waals surface area contributed by atoms with E-state index in [0.29, 0.717) is 5.56 Å². The molecule has 3 heteroatoms. The molecule has 0 spiro atoms. The Balaban J connectivity index is 2.65. The first-order chi connectivity index (χ1) is 9.01. The Hall–Kier alpha value is -2.34. The van der Waals surface area contributed by atoms with Crippen molar-refractivity contribution in [3.05, 3.63) is 63.1 Å². The molecule has 1 aromatic carbocycles. The van der Waals surface area contributed by atoms with Crippen LogP contribution in [0.1, 0.15) is 22.4 Å². The molecule has 0 bridgehead atoms. The van der Waals surface area contributed by atoms with E-state index in [2.05, 4.69) is 18.2 Å². The minimum Gasteiger partial charge on any atom is -0.321 e. The SMILES string of the molecule is Cc1cc(C)cc(-n2cc(CC#N)c(=O)cc2C)c1. The maximum atomic E-state index is 11.8. The number of pyridine rings is 1. The topological polar surface area (TPSA) is 45.8 Å². The zero-order valence-electron chi connectivity index (χ0n) is 11.4. The summed E-state index contributed by atoms with van der Waals surface area (Å²) in [4.78, 5) is 11.8. The molecule has 2 aromatic rings. The number of nitriles is 1. The van der Waals surface area contributed by atoms with Crippen molar-refractivity contribution in [3.8, 4) is 11.8 Å². The maximum Gasteiger partial charge on any atom is 0.186 e. The van der Waals surface area contributed by atoms with Gasteiger partial charge in [0.1, 0.15) is 0 Å². The average molecular weight is 252 g/mol. The summed E-state index contributed by atoms with van der Waals surface area (Å²) >= 11 is 0. The molecule has 0 saturated carbocycles. The molecule has 0 saturated heterocycles. The molecule has 96 valence electrons. The molecular formula is C16H16N2O. The second-order valence-corrected chi connectivity index (χ2v) is 4.86. The fourth-order valence-corrected chi connectivity index (χ4v) is 2.26. The lowest BCUT2D eigenvalue weighted by Gasteiger charge is -2.13. The molecule has 0 fully saturated rings. The first kappa shape index (κ1) is 13.1. The van der Waals surface area contributed by atoms with Gasteiger partial charge in [0, 0.05) is 29.2 Å². The van der Waals surface area contributed by atoms with Gasteiger partial charge in [-0.15, -0.1) is 0 Å². The molecule has 0 aliphatic carbocycles. The molecule has 0 N–H and O–H groups in total. The van der Waals surface area contributed by atoms with Crippen molar-refractivity contribution in [2.24, 2.45) is 0 Å². The van der Waals surface area contributed by atoms with Gasteiger partial charge in [-0.05, 0) is 44.0 Å². The van der Waals surface area contributed by atoms with E-state index in [-0.39, 0.29) is 11.8 Å². The van der Waals surface area contributed by atoms with Crippen LogP contribution in [0.5, 0.6) is 0 Å². The number of aromatic nitrogens is 1. The fraction of sp³-hybridized carbons (Fsp3) is 0.250. The minimum absolute atomic E-state index is 0.0697. The summed E-state index contributed by atoms with van der Waals surface area (Å²) in [6.45, 7) is 5.99. The van der Waals surface area contributed by atoms with Gasteiger partial charge in [-0.2, -0.15) is 5.26 Å². The first-order valence-electron chi connectivity index (χ1n) is 6.19. The summed E-state index contributed by atoms with van der Waals surface area (Å²) in [6.07, 6.45) is 1.92. The third-order valence-electron chi connectivity index (χ3n) is 3.08. The van der Waals surface area contributed by atoms with E-state index in [1.54, 1.807) is 12.3 Å². The molecule has 1 aromatic heterocycles. The quantitative estimate of drug-likeness (QED) is 0.825. The van der Waals surface area contributed by atoms with E-state index < -0.39 is 0 Å². The summed E-state index contributed by atoms with van der Waals surface area (Å²) < 4.78 is 1.97. The second kappa shape index (κ2) is 5.11. The van der Waals surface area contributed by atoms with Gasteiger partial charge in [0.05, 0.1) is 12.5 Å². The van der Waals surface area contributed by atoms with Crippen LogP contribution in [0, 0.1) is 32.1 Å². The van der Waals surface area contributed by atoms with Crippen LogP contribution in [-0.2, 0) is 6.42 Å². The standard InChI is InChI=1S/C16H16N2O/c1-11-6-12(2)8-15(7-11)18-10-14(4-5-17)16(19)9-13(18)3/h6-10H,4H2,1-3H3. The molecule has 2 rings (SSSR count). The van der Waals surface area contributed by atoms with Gasteiger partial charge in [0.2, 0.25) is 0 Å². The van der Waals surface area contributed by atoms with Crippen molar-refractivity contribution in [2.45, 2.75) is 27.2 Å². The van der Waals surface area contributed by atoms with Gasteiger partial charge in [0.25, 0.3) is 0 Å². The van der Waals surface area contributed by atoms with Crippen LogP contribution in [0.2, 0.25) is 0 Å². The van der Waals surface area contributed by atoms with Crippen molar-refractivity contribution in [3.63, 3.8) is 0 Å². The first-order valence-corrected chi connectivity index (χ1v) is 6.19. The number of hydrogen-bond donors (Lipinski definition) is 0. The number of aryl methyl sites for hydroxylation is 3. The Bertz CT molecular complexity index is 700. The molecule has 0 aliphatic heterocycles. The predicted octanol–water partition coefficient (Wildman–Crippen LogP) is 2.83. The van der Waals surface area contributed by atoms with Crippen LogP contribution in [0.25, 0.3) is 5.69 Å². The third kappa shape index (κ3) is 2.74. The largest absolute Gasteiger partial charge is 0.321 e. The molecule has 0 radical (unpaired) electrons. The van der Waals surface area contributed by atoms with Crippen molar-refractivity contribution in [1.29, 1.82) is 5.26 Å². The van der Waals surface area contributed by atoms with Gasteiger partial charge in [0.15, 0.2) is 5.43 Å². The lowest BCUT2D eigenvalue weighted by Crippen LogP contribution is -2.14. The maximum absolute atomic E-state index is 11.8. The average Bonchev–Trinajstić information content (AvgIpc) is 2.31. The second-order valence-electron chi connectivity index (χ2n) is 4.86. The van der Waals surface area contributed by atoms with Gasteiger partial charge in [-0.3, -0.25) is 4.79 Å². The molecular weight excluding hydrogens is 236 g/mol. The molecule has 0 aliphatic rings. The van der Waals surface area contributed by atoms with Crippen molar-refractivity contribution in [1.82, 2.24) is 4.57 Å². The Morgan fingerprint density at radius 3 is 2.32 bits per heavy atom. The summed E-state index contributed by atoms with van der Waals surface area (Å²) in [5.41, 5.74) is 4.71. The Labute approximate surface area is 112 Å². The van der Waals surface area contributed by atoms with Crippen molar-refractivity contribution >= 4 is 0 Å². The molecule has 19 heavy (non-hydrogen) atoms. The van der Waals surface area contributed by atoms with Crippen LogP contribution >= 0.6 is 0 Å². The summed E-state index contributed by atoms with van der Waals surface area (Å²) in [5, 5.41) is 8.76. The number of benzene rings is 1. The highest BCUT2D eigenvalue weighted by molar-refractivity contribution is 5.41. The number of nitrogens with zero attached hydrogens (tertiary/aromatic N) is 2. The van der Waals surface area contributed by atoms with E-state index in [1.165, 1.54) is 11.1 Å². The minimum atomic E-state index is -0.0697. The smallest absolute Gasteiger partial charge is 0.186 e.